The average molecular weight is 334 g/mol. The van der Waals surface area contributed by atoms with E-state index in [1.54, 1.807) is 12.3 Å². The molecule has 1 heterocycles. The largest absolute Gasteiger partial charge is 0.396 e. The topological polar surface area (TPSA) is 74.2 Å². The molecule has 0 aliphatic rings. The zero-order chi connectivity index (χ0) is 16.5. The lowest BCUT2D eigenvalue weighted by Crippen LogP contribution is -2.37. The summed E-state index contributed by atoms with van der Waals surface area (Å²) in [6.07, 6.45) is 2.23. The van der Waals surface area contributed by atoms with E-state index < -0.39 is 0 Å². The van der Waals surface area contributed by atoms with Crippen molar-refractivity contribution in [1.82, 2.24) is 15.6 Å². The first-order valence-electron chi connectivity index (χ1n) is 7.47. The van der Waals surface area contributed by atoms with Crippen LogP contribution in [-0.4, -0.2) is 29.3 Å². The van der Waals surface area contributed by atoms with Gasteiger partial charge < -0.3 is 15.7 Å². The highest BCUT2D eigenvalue weighted by molar-refractivity contribution is 6.29. The number of hydrogen-bond acceptors (Lipinski definition) is 3. The van der Waals surface area contributed by atoms with Gasteiger partial charge in [-0.3, -0.25) is 0 Å². The third kappa shape index (κ3) is 5.88. The molecular formula is C17H20ClN3O2. The number of carbonyl (C=O) groups is 1. The predicted octanol–water partition coefficient (Wildman–Crippen LogP) is 2.70. The molecule has 0 spiro atoms. The van der Waals surface area contributed by atoms with Gasteiger partial charge in [-0.05, 0) is 23.6 Å². The van der Waals surface area contributed by atoms with Gasteiger partial charge >= 0.3 is 6.03 Å². The maximum atomic E-state index is 11.9. The molecule has 0 aliphatic carbocycles. The Labute approximate surface area is 140 Å². The summed E-state index contributed by atoms with van der Waals surface area (Å²) in [5.41, 5.74) is 1.98. The van der Waals surface area contributed by atoms with E-state index in [-0.39, 0.29) is 18.6 Å². The van der Waals surface area contributed by atoms with Gasteiger partial charge in [0.25, 0.3) is 0 Å². The molecule has 23 heavy (non-hydrogen) atoms. The summed E-state index contributed by atoms with van der Waals surface area (Å²) in [6.45, 7) is 0.931. The average Bonchev–Trinajstić information content (AvgIpc) is 2.59. The Balaban J connectivity index is 1.80. The van der Waals surface area contributed by atoms with Crippen LogP contribution >= 0.6 is 11.6 Å². The quantitative estimate of drug-likeness (QED) is 0.682. The molecule has 1 aromatic heterocycles. The highest BCUT2D eigenvalue weighted by atomic mass is 35.5. The van der Waals surface area contributed by atoms with E-state index in [0.29, 0.717) is 24.7 Å². The molecule has 2 rings (SSSR count). The molecule has 0 saturated heterocycles. The van der Waals surface area contributed by atoms with Crippen molar-refractivity contribution in [1.29, 1.82) is 0 Å². The Morgan fingerprint density at radius 1 is 1.17 bits per heavy atom. The molecule has 2 amide bonds. The zero-order valence-electron chi connectivity index (χ0n) is 12.7. The van der Waals surface area contributed by atoms with Crippen LogP contribution in [-0.2, 0) is 6.54 Å². The summed E-state index contributed by atoms with van der Waals surface area (Å²) in [7, 11) is 0. The molecule has 1 atom stereocenters. The molecule has 0 aliphatic heterocycles. The number of nitrogens with zero attached hydrogens (tertiary/aromatic N) is 1. The summed E-state index contributed by atoms with van der Waals surface area (Å²) >= 11 is 5.72. The van der Waals surface area contributed by atoms with Crippen LogP contribution in [0.15, 0.2) is 48.7 Å². The Kier molecular flexibility index (Phi) is 6.84. The lowest BCUT2D eigenvalue weighted by molar-refractivity contribution is 0.237. The fraction of sp³-hybridized carbons (Fsp3) is 0.294. The molecule has 1 unspecified atom stereocenters. The van der Waals surface area contributed by atoms with E-state index in [1.165, 1.54) is 0 Å². The third-order valence-corrected chi connectivity index (χ3v) is 3.72. The van der Waals surface area contributed by atoms with Gasteiger partial charge in [0.05, 0.1) is 0 Å². The van der Waals surface area contributed by atoms with Crippen molar-refractivity contribution in [3.63, 3.8) is 0 Å². The summed E-state index contributed by atoms with van der Waals surface area (Å²) in [6, 6.07) is 13.1. The summed E-state index contributed by atoms with van der Waals surface area (Å²) in [5.74, 6) is 0.0872. The Bertz CT molecular complexity index is 605. The van der Waals surface area contributed by atoms with E-state index in [2.05, 4.69) is 15.6 Å². The highest BCUT2D eigenvalue weighted by Gasteiger charge is 2.12. The molecule has 1 aromatic carbocycles. The SMILES string of the molecule is O=C(NCc1ccc(Cl)nc1)NCC(CCO)c1ccccc1. The van der Waals surface area contributed by atoms with Crippen molar-refractivity contribution in [3.05, 3.63) is 64.9 Å². The van der Waals surface area contributed by atoms with Gasteiger partial charge in [-0.1, -0.05) is 48.0 Å². The molecule has 0 radical (unpaired) electrons. The van der Waals surface area contributed by atoms with Crippen LogP contribution in [0.25, 0.3) is 0 Å². The van der Waals surface area contributed by atoms with Crippen LogP contribution in [0.2, 0.25) is 5.15 Å². The van der Waals surface area contributed by atoms with E-state index in [0.717, 1.165) is 11.1 Å². The lowest BCUT2D eigenvalue weighted by atomic mass is 9.96. The maximum Gasteiger partial charge on any atom is 0.315 e. The number of benzene rings is 1. The second-order valence-corrected chi connectivity index (χ2v) is 5.56. The van der Waals surface area contributed by atoms with Crippen molar-refractivity contribution in [3.8, 4) is 0 Å². The van der Waals surface area contributed by atoms with E-state index in [1.807, 2.05) is 36.4 Å². The zero-order valence-corrected chi connectivity index (χ0v) is 13.5. The normalized spacial score (nSPS) is 11.7. The van der Waals surface area contributed by atoms with Gasteiger partial charge in [-0.15, -0.1) is 0 Å². The lowest BCUT2D eigenvalue weighted by Gasteiger charge is -2.17. The smallest absolute Gasteiger partial charge is 0.315 e. The summed E-state index contributed by atoms with van der Waals surface area (Å²) in [5, 5.41) is 15.2. The molecule has 2 aromatic rings. The number of halogens is 1. The van der Waals surface area contributed by atoms with Crippen LogP contribution in [0, 0.1) is 0 Å². The Morgan fingerprint density at radius 2 is 1.96 bits per heavy atom. The molecule has 0 fully saturated rings. The summed E-state index contributed by atoms with van der Waals surface area (Å²) < 4.78 is 0. The number of nitrogens with one attached hydrogen (secondary N) is 2. The first kappa shape index (κ1) is 17.2. The van der Waals surface area contributed by atoms with Gasteiger partial charge in [0.1, 0.15) is 5.15 Å². The fourth-order valence-electron chi connectivity index (χ4n) is 2.24. The number of carbonyl (C=O) groups excluding carboxylic acids is 1. The van der Waals surface area contributed by atoms with Crippen LogP contribution < -0.4 is 10.6 Å². The van der Waals surface area contributed by atoms with Gasteiger partial charge in [0.2, 0.25) is 0 Å². The number of aromatic nitrogens is 1. The van der Waals surface area contributed by atoms with Crippen LogP contribution in [0.3, 0.4) is 0 Å². The molecule has 122 valence electrons. The first-order valence-corrected chi connectivity index (χ1v) is 7.84. The van der Waals surface area contributed by atoms with Gasteiger partial charge in [-0.25, -0.2) is 9.78 Å². The second-order valence-electron chi connectivity index (χ2n) is 5.17. The molecule has 0 saturated carbocycles. The van der Waals surface area contributed by atoms with Crippen LogP contribution in [0.5, 0.6) is 0 Å². The number of pyridine rings is 1. The number of amides is 2. The molecule has 5 nitrogen and oxygen atoms in total. The second kappa shape index (κ2) is 9.12. The summed E-state index contributed by atoms with van der Waals surface area (Å²) in [4.78, 5) is 15.9. The minimum absolute atomic E-state index is 0.0826. The number of rotatable bonds is 7. The Hall–Kier alpha value is -2.11. The van der Waals surface area contributed by atoms with Crippen LogP contribution in [0.1, 0.15) is 23.5 Å². The van der Waals surface area contributed by atoms with Crippen LogP contribution in [0.4, 0.5) is 4.79 Å². The van der Waals surface area contributed by atoms with E-state index in [4.69, 9.17) is 11.6 Å². The van der Waals surface area contributed by atoms with E-state index in [9.17, 15) is 9.90 Å². The Morgan fingerprint density at radius 3 is 2.61 bits per heavy atom. The fourth-order valence-corrected chi connectivity index (χ4v) is 2.35. The van der Waals surface area contributed by atoms with Crippen molar-refractivity contribution in [2.75, 3.05) is 13.2 Å². The molecule has 0 bridgehead atoms. The predicted molar refractivity (Wildman–Crippen MR) is 90.4 cm³/mol. The minimum atomic E-state index is -0.251. The highest BCUT2D eigenvalue weighted by Crippen LogP contribution is 2.18. The van der Waals surface area contributed by atoms with Crippen molar-refractivity contribution < 1.29 is 9.90 Å². The number of urea groups is 1. The van der Waals surface area contributed by atoms with Crippen molar-refractivity contribution >= 4 is 17.6 Å². The molecule has 6 heteroatoms. The molecule has 3 N–H and O–H groups in total. The number of aliphatic hydroxyl groups is 1. The van der Waals surface area contributed by atoms with Gasteiger partial charge in [-0.2, -0.15) is 0 Å². The molecular weight excluding hydrogens is 314 g/mol. The van der Waals surface area contributed by atoms with Gasteiger partial charge in [0.15, 0.2) is 0 Å². The van der Waals surface area contributed by atoms with E-state index >= 15 is 0 Å². The van der Waals surface area contributed by atoms with Gasteiger partial charge in [0, 0.05) is 31.8 Å². The number of hydrogen-bond donors (Lipinski definition) is 3. The minimum Gasteiger partial charge on any atom is -0.396 e. The number of aliphatic hydroxyl groups excluding tert-OH is 1. The first-order chi connectivity index (χ1) is 11.2. The maximum absolute atomic E-state index is 11.9. The van der Waals surface area contributed by atoms with Crippen molar-refractivity contribution in [2.45, 2.75) is 18.9 Å². The third-order valence-electron chi connectivity index (χ3n) is 3.50. The monoisotopic (exact) mass is 333 g/mol. The van der Waals surface area contributed by atoms with Crippen molar-refractivity contribution in [2.24, 2.45) is 0 Å². The standard InChI is InChI=1S/C17H20ClN3O2/c18-16-7-6-13(10-19-16)11-20-17(23)21-12-15(8-9-22)14-4-2-1-3-5-14/h1-7,10,15,22H,8-9,11-12H2,(H2,20,21,23).